The van der Waals surface area contributed by atoms with Crippen LogP contribution in [0.1, 0.15) is 17.2 Å². The first-order chi connectivity index (χ1) is 23.4. The summed E-state index contributed by atoms with van der Waals surface area (Å²) in [5, 5.41) is 81.8. The maximum Gasteiger partial charge on any atom is 0.229 e. The van der Waals surface area contributed by atoms with Crippen LogP contribution >= 0.6 is 0 Å². The molecule has 15 nitrogen and oxygen atoms in total. The van der Waals surface area contributed by atoms with E-state index in [4.69, 9.17) is 28.1 Å². The minimum atomic E-state index is -1.72. The molecule has 1 saturated heterocycles. The predicted octanol–water partition coefficient (Wildman–Crippen LogP) is 0.960. The molecule has 7 atom stereocenters. The lowest BCUT2D eigenvalue weighted by Gasteiger charge is -2.39. The molecule has 0 bridgehead atoms. The zero-order chi connectivity index (χ0) is 35.6. The van der Waals surface area contributed by atoms with E-state index in [9.17, 15) is 45.6 Å². The Balaban J connectivity index is 1.48. The number of phenols is 2. The molecule has 0 spiro atoms. The summed E-state index contributed by atoms with van der Waals surface area (Å²) in [5.74, 6) is -0.715. The lowest BCUT2D eigenvalue weighted by molar-refractivity contribution is -0.277. The summed E-state index contributed by atoms with van der Waals surface area (Å²) in [7, 11) is 4.20. The van der Waals surface area contributed by atoms with Gasteiger partial charge in [-0.15, -0.1) is 0 Å². The first-order valence-electron chi connectivity index (χ1n) is 15.1. The number of aromatic hydroxyl groups is 2. The molecule has 4 unspecified atom stereocenters. The van der Waals surface area contributed by atoms with Gasteiger partial charge >= 0.3 is 0 Å². The van der Waals surface area contributed by atoms with Crippen LogP contribution in [0.3, 0.4) is 0 Å². The minimum absolute atomic E-state index is 0.0416. The van der Waals surface area contributed by atoms with Crippen LogP contribution in [0.15, 0.2) is 57.7 Å². The van der Waals surface area contributed by atoms with E-state index in [1.165, 1.54) is 45.6 Å². The first-order valence-corrected chi connectivity index (χ1v) is 15.1. The van der Waals surface area contributed by atoms with Gasteiger partial charge in [0.2, 0.25) is 6.29 Å². The summed E-state index contributed by atoms with van der Waals surface area (Å²) in [5.41, 5.74) is 0.508. The van der Waals surface area contributed by atoms with E-state index in [-0.39, 0.29) is 51.9 Å². The zero-order valence-electron chi connectivity index (χ0n) is 26.7. The number of rotatable bonds is 12. The molecule has 3 aromatic carbocycles. The molecule has 49 heavy (non-hydrogen) atoms. The highest BCUT2D eigenvalue weighted by Gasteiger charge is 2.44. The van der Waals surface area contributed by atoms with E-state index in [0.29, 0.717) is 16.7 Å². The maximum atomic E-state index is 13.2. The Morgan fingerprint density at radius 3 is 2.10 bits per heavy atom. The van der Waals surface area contributed by atoms with Gasteiger partial charge in [0, 0.05) is 41.9 Å². The second kappa shape index (κ2) is 14.9. The Hall–Kier alpha value is -4.61. The highest BCUT2D eigenvalue weighted by atomic mass is 16.7. The van der Waals surface area contributed by atoms with Gasteiger partial charge in [-0.2, -0.15) is 0 Å². The molecule has 0 amide bonds. The zero-order valence-corrected chi connectivity index (χ0v) is 26.7. The number of ether oxygens (including phenoxy) is 5. The first kappa shape index (κ1) is 35.7. The van der Waals surface area contributed by atoms with E-state index in [2.05, 4.69) is 0 Å². The number of fused-ring (bicyclic) bond motifs is 1. The van der Waals surface area contributed by atoms with Crippen LogP contribution < -0.4 is 24.4 Å². The van der Waals surface area contributed by atoms with E-state index >= 15 is 0 Å². The lowest BCUT2D eigenvalue weighted by atomic mass is 9.89. The van der Waals surface area contributed by atoms with Crippen molar-refractivity contribution in [1.82, 2.24) is 0 Å². The van der Waals surface area contributed by atoms with Gasteiger partial charge in [0.05, 0.1) is 34.0 Å². The Morgan fingerprint density at radius 1 is 0.816 bits per heavy atom. The number of aliphatic hydroxyl groups excluding tert-OH is 6. The Bertz CT molecular complexity index is 1810. The molecular weight excluding hydrogens is 648 g/mol. The molecule has 5 rings (SSSR count). The van der Waals surface area contributed by atoms with Gasteiger partial charge in [0.25, 0.3) is 0 Å². The number of phenolic OH excluding ortho intramolecular Hbond substituents is 2. The number of benzene rings is 3. The summed E-state index contributed by atoms with van der Waals surface area (Å²) in [6.07, 6.45) is -8.89. The molecule has 1 aliphatic rings. The van der Waals surface area contributed by atoms with Crippen molar-refractivity contribution in [2.24, 2.45) is 5.92 Å². The average molecular weight is 687 g/mol. The predicted molar refractivity (Wildman–Crippen MR) is 171 cm³/mol. The minimum Gasteiger partial charge on any atom is -0.507 e. The van der Waals surface area contributed by atoms with Crippen molar-refractivity contribution >= 4 is 11.0 Å². The third kappa shape index (κ3) is 7.09. The summed E-state index contributed by atoms with van der Waals surface area (Å²) in [6, 6.07) is 11.0. The summed E-state index contributed by atoms with van der Waals surface area (Å²) < 4.78 is 33.5. The van der Waals surface area contributed by atoms with Crippen molar-refractivity contribution in [2.45, 2.75) is 43.2 Å². The van der Waals surface area contributed by atoms with Crippen molar-refractivity contribution in [3.05, 3.63) is 69.9 Å². The summed E-state index contributed by atoms with van der Waals surface area (Å²) >= 11 is 0. The van der Waals surface area contributed by atoms with Gasteiger partial charge in [-0.25, -0.2) is 0 Å². The fraction of sp³-hybridized carbons (Fsp3) is 0.382. The molecular formula is C34H38O15. The molecule has 0 radical (unpaired) electrons. The topological polar surface area (TPSA) is 238 Å². The summed E-state index contributed by atoms with van der Waals surface area (Å²) in [4.78, 5) is 13.2. The van der Waals surface area contributed by atoms with Crippen LogP contribution in [0.5, 0.6) is 34.5 Å². The summed E-state index contributed by atoms with van der Waals surface area (Å²) in [6.45, 7) is -1.10. The van der Waals surface area contributed by atoms with Crippen LogP contribution in [0.2, 0.25) is 0 Å². The SMILES string of the molecule is COc1cc(C(O)[C@H](CO)Cc2c(OC)cc(-c3cc(=O)c4c(O)cc(O[C@@H]5OC(CO)[C@@H](O)C(O)C5O)cc4o3)cc2OC)ccc1O. The van der Waals surface area contributed by atoms with Crippen LogP contribution in [-0.2, 0) is 11.2 Å². The highest BCUT2D eigenvalue weighted by Crippen LogP contribution is 2.40. The average Bonchev–Trinajstić information content (AvgIpc) is 3.10. The largest absolute Gasteiger partial charge is 0.507 e. The van der Waals surface area contributed by atoms with Crippen molar-refractivity contribution in [3.63, 3.8) is 0 Å². The van der Waals surface area contributed by atoms with E-state index in [0.717, 1.165) is 12.1 Å². The quantitative estimate of drug-likeness (QED) is 0.104. The molecule has 8 N–H and O–H groups in total. The second-order valence-corrected chi connectivity index (χ2v) is 11.5. The number of methoxy groups -OCH3 is 3. The number of hydrogen-bond acceptors (Lipinski definition) is 15. The molecule has 0 aliphatic carbocycles. The number of hydrogen-bond donors (Lipinski definition) is 8. The highest BCUT2D eigenvalue weighted by molar-refractivity contribution is 5.86. The normalized spacial score (nSPS) is 22.0. The van der Waals surface area contributed by atoms with Crippen LogP contribution in [-0.4, -0.2) is 106 Å². The van der Waals surface area contributed by atoms with Crippen molar-refractivity contribution in [3.8, 4) is 45.8 Å². The smallest absolute Gasteiger partial charge is 0.229 e. The fourth-order valence-electron chi connectivity index (χ4n) is 5.77. The van der Waals surface area contributed by atoms with Gasteiger partial charge in [0.1, 0.15) is 64.1 Å². The van der Waals surface area contributed by atoms with Gasteiger partial charge in [-0.3, -0.25) is 4.79 Å². The third-order valence-corrected chi connectivity index (χ3v) is 8.47. The van der Waals surface area contributed by atoms with Gasteiger partial charge in [-0.05, 0) is 36.2 Å². The molecule has 2 heterocycles. The number of aliphatic hydroxyl groups is 6. The molecule has 0 saturated carbocycles. The van der Waals surface area contributed by atoms with Gasteiger partial charge < -0.3 is 69.0 Å². The maximum absolute atomic E-state index is 13.2. The lowest BCUT2D eigenvalue weighted by Crippen LogP contribution is -2.60. The second-order valence-electron chi connectivity index (χ2n) is 11.5. The molecule has 1 fully saturated rings. The Morgan fingerprint density at radius 2 is 1.49 bits per heavy atom. The van der Waals surface area contributed by atoms with E-state index < -0.39 is 67.1 Å². The van der Waals surface area contributed by atoms with Gasteiger partial charge in [-0.1, -0.05) is 6.07 Å². The fourth-order valence-corrected chi connectivity index (χ4v) is 5.77. The molecule has 1 aromatic heterocycles. The van der Waals surface area contributed by atoms with Crippen molar-refractivity contribution < 1.29 is 69.0 Å². The Labute approximate surface area is 279 Å². The van der Waals surface area contributed by atoms with E-state index in [1.807, 2.05) is 0 Å². The monoisotopic (exact) mass is 686 g/mol. The van der Waals surface area contributed by atoms with Gasteiger partial charge in [0.15, 0.2) is 16.9 Å². The Kier molecular flexibility index (Phi) is 10.8. The van der Waals surface area contributed by atoms with Crippen LogP contribution in [0.25, 0.3) is 22.3 Å². The molecule has 264 valence electrons. The molecule has 15 heteroatoms. The molecule has 4 aromatic rings. The third-order valence-electron chi connectivity index (χ3n) is 8.47. The van der Waals surface area contributed by atoms with Crippen LogP contribution in [0.4, 0.5) is 0 Å². The van der Waals surface area contributed by atoms with Crippen molar-refractivity contribution in [2.75, 3.05) is 34.5 Å². The van der Waals surface area contributed by atoms with E-state index in [1.54, 1.807) is 12.1 Å². The molecule has 1 aliphatic heterocycles. The standard InChI is InChI=1S/C34H38O15/c1-44-24-8-16(9-25(45-2)19(24)6-17(13-35)30(40)15-4-5-20(37)26(7-15)46-3)23-12-22(39)29-21(38)10-18(11-27(29)48-23)47-34-33(43)32(42)31(41)28(14-36)49-34/h4-5,7-12,17,28,30-38,40-43H,6,13-14H2,1-3H3/t17-,28?,30?,31+,32?,33?,34+/m0/s1. The van der Waals surface area contributed by atoms with Crippen LogP contribution in [0, 0.1) is 5.92 Å². The van der Waals surface area contributed by atoms with Crippen molar-refractivity contribution in [1.29, 1.82) is 0 Å².